The second-order valence-corrected chi connectivity index (χ2v) is 5.95. The van der Waals surface area contributed by atoms with E-state index in [2.05, 4.69) is 24.5 Å². The molecule has 2 aromatic rings. The maximum Gasteiger partial charge on any atom is 0.238 e. The molecule has 0 aromatic heterocycles. The normalized spacial score (nSPS) is 12.2. The van der Waals surface area contributed by atoms with Crippen LogP contribution >= 0.6 is 0 Å². The average Bonchev–Trinajstić information content (AvgIpc) is 2.53. The molecular formula is C19H23FN2O. The van der Waals surface area contributed by atoms with Crippen molar-refractivity contribution in [1.82, 2.24) is 5.32 Å². The van der Waals surface area contributed by atoms with Crippen LogP contribution in [-0.2, 0) is 4.79 Å². The summed E-state index contributed by atoms with van der Waals surface area (Å²) in [5.74, 6) is 0.0469. The summed E-state index contributed by atoms with van der Waals surface area (Å²) in [4.78, 5) is 12.0. The van der Waals surface area contributed by atoms with Crippen LogP contribution in [0.2, 0.25) is 0 Å². The Balaban J connectivity index is 1.86. The Morgan fingerprint density at radius 2 is 1.70 bits per heavy atom. The first-order valence-corrected chi connectivity index (χ1v) is 7.85. The van der Waals surface area contributed by atoms with Crippen LogP contribution in [0.25, 0.3) is 0 Å². The second-order valence-electron chi connectivity index (χ2n) is 5.95. The number of anilines is 1. The molecule has 0 bridgehead atoms. The highest BCUT2D eigenvalue weighted by molar-refractivity contribution is 5.92. The van der Waals surface area contributed by atoms with E-state index >= 15 is 0 Å². The average molecular weight is 314 g/mol. The van der Waals surface area contributed by atoms with Gasteiger partial charge in [0.1, 0.15) is 5.82 Å². The van der Waals surface area contributed by atoms with Gasteiger partial charge in [-0.15, -0.1) is 0 Å². The number of benzene rings is 2. The number of carbonyl (C=O) groups is 1. The fourth-order valence-corrected chi connectivity index (χ4v) is 2.34. The molecule has 0 saturated carbocycles. The molecule has 0 aliphatic carbocycles. The molecule has 0 saturated heterocycles. The highest BCUT2D eigenvalue weighted by Gasteiger charge is 2.11. The van der Waals surface area contributed by atoms with Crippen LogP contribution in [0.1, 0.15) is 43.9 Å². The molecule has 2 rings (SSSR count). The highest BCUT2D eigenvalue weighted by atomic mass is 19.1. The third-order valence-electron chi connectivity index (χ3n) is 3.80. The molecule has 3 nitrogen and oxygen atoms in total. The summed E-state index contributed by atoms with van der Waals surface area (Å²) in [7, 11) is 0. The summed E-state index contributed by atoms with van der Waals surface area (Å²) < 4.78 is 13.7. The first-order chi connectivity index (χ1) is 11.0. The van der Waals surface area contributed by atoms with Crippen LogP contribution in [0.15, 0.2) is 48.5 Å². The molecule has 0 spiro atoms. The molecule has 0 fully saturated rings. The molecule has 2 aromatic carbocycles. The molecule has 122 valence electrons. The smallest absolute Gasteiger partial charge is 0.238 e. The van der Waals surface area contributed by atoms with E-state index in [0.29, 0.717) is 11.5 Å². The molecule has 1 unspecified atom stereocenters. The van der Waals surface area contributed by atoms with E-state index in [1.54, 1.807) is 18.2 Å². The number of hydrogen-bond donors (Lipinski definition) is 2. The molecule has 4 heteroatoms. The van der Waals surface area contributed by atoms with Gasteiger partial charge in [-0.25, -0.2) is 4.39 Å². The van der Waals surface area contributed by atoms with Crippen molar-refractivity contribution in [2.24, 2.45) is 0 Å². The van der Waals surface area contributed by atoms with Crippen molar-refractivity contribution in [2.75, 3.05) is 11.9 Å². The zero-order valence-corrected chi connectivity index (χ0v) is 13.8. The van der Waals surface area contributed by atoms with Crippen LogP contribution in [0, 0.1) is 5.82 Å². The fraction of sp³-hybridized carbons (Fsp3) is 0.316. The van der Waals surface area contributed by atoms with E-state index in [0.717, 1.165) is 5.69 Å². The van der Waals surface area contributed by atoms with Gasteiger partial charge in [0.2, 0.25) is 5.91 Å². The van der Waals surface area contributed by atoms with Gasteiger partial charge >= 0.3 is 0 Å². The van der Waals surface area contributed by atoms with Gasteiger partial charge in [0, 0.05) is 17.3 Å². The van der Waals surface area contributed by atoms with E-state index in [4.69, 9.17) is 0 Å². The largest absolute Gasteiger partial charge is 0.325 e. The molecule has 1 amide bonds. The predicted molar refractivity (Wildman–Crippen MR) is 92.0 cm³/mol. The van der Waals surface area contributed by atoms with Gasteiger partial charge in [0.25, 0.3) is 0 Å². The molecule has 0 aliphatic heterocycles. The maximum atomic E-state index is 13.7. The van der Waals surface area contributed by atoms with Crippen molar-refractivity contribution in [1.29, 1.82) is 0 Å². The van der Waals surface area contributed by atoms with Gasteiger partial charge in [-0.05, 0) is 36.6 Å². The van der Waals surface area contributed by atoms with E-state index in [-0.39, 0.29) is 24.3 Å². The number of hydrogen-bond acceptors (Lipinski definition) is 2. The minimum absolute atomic E-state index is 0.126. The Morgan fingerprint density at radius 3 is 2.30 bits per heavy atom. The van der Waals surface area contributed by atoms with E-state index < -0.39 is 0 Å². The van der Waals surface area contributed by atoms with Crippen molar-refractivity contribution in [2.45, 2.75) is 32.7 Å². The number of amides is 1. The number of halogens is 1. The zero-order chi connectivity index (χ0) is 16.8. The van der Waals surface area contributed by atoms with Crippen molar-refractivity contribution < 1.29 is 9.18 Å². The van der Waals surface area contributed by atoms with Crippen molar-refractivity contribution >= 4 is 11.6 Å². The lowest BCUT2D eigenvalue weighted by molar-refractivity contribution is -0.115. The molecule has 0 aliphatic rings. The molecule has 0 heterocycles. The van der Waals surface area contributed by atoms with Gasteiger partial charge in [-0.1, -0.05) is 44.2 Å². The summed E-state index contributed by atoms with van der Waals surface area (Å²) in [6.07, 6.45) is 0. The van der Waals surface area contributed by atoms with E-state index in [1.165, 1.54) is 11.6 Å². The van der Waals surface area contributed by atoms with Crippen LogP contribution < -0.4 is 10.6 Å². The van der Waals surface area contributed by atoms with Crippen LogP contribution in [0.4, 0.5) is 10.1 Å². The SMILES string of the molecule is CC(C)c1ccc(NC(=O)CNC(C)c2ccccc2F)cc1. The van der Waals surface area contributed by atoms with Crippen molar-refractivity contribution in [3.63, 3.8) is 0 Å². The van der Waals surface area contributed by atoms with Crippen LogP contribution in [0.5, 0.6) is 0 Å². The summed E-state index contributed by atoms with van der Waals surface area (Å²) in [6.45, 7) is 6.22. The standard InChI is InChI=1S/C19H23FN2O/c1-13(2)15-8-10-16(11-9-15)22-19(23)12-21-14(3)17-6-4-5-7-18(17)20/h4-11,13-14,21H,12H2,1-3H3,(H,22,23). The Hall–Kier alpha value is -2.20. The third-order valence-corrected chi connectivity index (χ3v) is 3.80. The minimum Gasteiger partial charge on any atom is -0.325 e. The number of rotatable bonds is 6. The Morgan fingerprint density at radius 1 is 1.04 bits per heavy atom. The Kier molecular flexibility index (Phi) is 5.88. The van der Waals surface area contributed by atoms with Gasteiger partial charge in [-0.2, -0.15) is 0 Å². The summed E-state index contributed by atoms with van der Waals surface area (Å²) >= 11 is 0. The van der Waals surface area contributed by atoms with E-state index in [1.807, 2.05) is 31.2 Å². The molecule has 0 radical (unpaired) electrons. The van der Waals surface area contributed by atoms with Gasteiger partial charge in [0.15, 0.2) is 0 Å². The number of nitrogens with one attached hydrogen (secondary N) is 2. The maximum absolute atomic E-state index is 13.7. The minimum atomic E-state index is -0.266. The lowest BCUT2D eigenvalue weighted by Crippen LogP contribution is -2.30. The zero-order valence-electron chi connectivity index (χ0n) is 13.8. The predicted octanol–water partition coefficient (Wildman–Crippen LogP) is 4.24. The Bertz CT molecular complexity index is 653. The molecule has 23 heavy (non-hydrogen) atoms. The van der Waals surface area contributed by atoms with Gasteiger partial charge < -0.3 is 10.6 Å². The third kappa shape index (κ3) is 4.89. The lowest BCUT2D eigenvalue weighted by atomic mass is 10.0. The van der Waals surface area contributed by atoms with Crippen LogP contribution in [-0.4, -0.2) is 12.5 Å². The summed E-state index contributed by atoms with van der Waals surface area (Å²) in [6, 6.07) is 14.2. The van der Waals surface area contributed by atoms with Gasteiger partial charge in [-0.3, -0.25) is 4.79 Å². The fourth-order valence-electron chi connectivity index (χ4n) is 2.34. The first-order valence-electron chi connectivity index (χ1n) is 7.85. The lowest BCUT2D eigenvalue weighted by Gasteiger charge is -2.15. The summed E-state index contributed by atoms with van der Waals surface area (Å²) in [5, 5.41) is 5.87. The number of carbonyl (C=O) groups excluding carboxylic acids is 1. The first kappa shape index (κ1) is 17.2. The monoisotopic (exact) mass is 314 g/mol. The topological polar surface area (TPSA) is 41.1 Å². The summed E-state index contributed by atoms with van der Waals surface area (Å²) in [5.41, 5.74) is 2.55. The van der Waals surface area contributed by atoms with Crippen molar-refractivity contribution in [3.05, 3.63) is 65.5 Å². The Labute approximate surface area is 136 Å². The highest BCUT2D eigenvalue weighted by Crippen LogP contribution is 2.17. The molecule has 1 atom stereocenters. The molecule has 2 N–H and O–H groups in total. The van der Waals surface area contributed by atoms with Gasteiger partial charge in [0.05, 0.1) is 6.54 Å². The van der Waals surface area contributed by atoms with E-state index in [9.17, 15) is 9.18 Å². The van der Waals surface area contributed by atoms with Crippen molar-refractivity contribution in [3.8, 4) is 0 Å². The quantitative estimate of drug-likeness (QED) is 0.837. The second kappa shape index (κ2) is 7.88. The van der Waals surface area contributed by atoms with Crippen LogP contribution in [0.3, 0.4) is 0 Å². The molecular weight excluding hydrogens is 291 g/mol.